The van der Waals surface area contributed by atoms with Gasteiger partial charge in [-0.05, 0) is 41.6 Å². The molecule has 21 heavy (non-hydrogen) atoms. The minimum absolute atomic E-state index is 0.0946. The summed E-state index contributed by atoms with van der Waals surface area (Å²) < 4.78 is 36.1. The van der Waals surface area contributed by atoms with Crippen LogP contribution in [0.4, 0.5) is 10.1 Å². The Morgan fingerprint density at radius 3 is 2.67 bits per heavy atom. The molecule has 0 unspecified atom stereocenters. The molecule has 1 aromatic carbocycles. The zero-order chi connectivity index (χ0) is 15.6. The monoisotopic (exact) mass is 328 g/mol. The first-order valence-corrected chi connectivity index (χ1v) is 8.45. The number of nitrogens with one attached hydrogen (secondary N) is 1. The lowest BCUT2D eigenvalue weighted by molar-refractivity contribution is 0.102. The lowest BCUT2D eigenvalue weighted by Crippen LogP contribution is -2.15. The lowest BCUT2D eigenvalue weighted by Gasteiger charge is -2.07. The highest BCUT2D eigenvalue weighted by atomic mass is 32.2. The van der Waals surface area contributed by atoms with Crippen LogP contribution in [0.3, 0.4) is 0 Å². The summed E-state index contributed by atoms with van der Waals surface area (Å²) in [6, 6.07) is 4.93. The van der Waals surface area contributed by atoms with Crippen molar-refractivity contribution in [2.24, 2.45) is 5.14 Å². The van der Waals surface area contributed by atoms with E-state index < -0.39 is 21.7 Å². The fraction of sp³-hybridized carbons (Fsp3) is 0.154. The van der Waals surface area contributed by atoms with Crippen LogP contribution in [0.1, 0.15) is 22.2 Å². The Balaban J connectivity index is 2.26. The molecule has 5 nitrogen and oxygen atoms in total. The number of hydrogen-bond donors (Lipinski definition) is 2. The van der Waals surface area contributed by atoms with Gasteiger partial charge in [-0.25, -0.2) is 17.9 Å². The minimum Gasteiger partial charge on any atom is -0.319 e. The second-order valence-electron chi connectivity index (χ2n) is 4.27. The normalized spacial score (nSPS) is 11.4. The number of rotatable bonds is 4. The van der Waals surface area contributed by atoms with Crippen molar-refractivity contribution in [1.29, 1.82) is 0 Å². The van der Waals surface area contributed by atoms with Crippen LogP contribution in [0, 0.1) is 5.82 Å². The molecule has 8 heteroatoms. The number of carbonyl (C=O) groups is 1. The van der Waals surface area contributed by atoms with Gasteiger partial charge in [0.15, 0.2) is 0 Å². The van der Waals surface area contributed by atoms with Crippen molar-refractivity contribution in [3.8, 4) is 0 Å². The molecule has 0 atom stereocenters. The number of carbonyl (C=O) groups excluding carboxylic acids is 1. The van der Waals surface area contributed by atoms with E-state index in [2.05, 4.69) is 5.32 Å². The van der Waals surface area contributed by atoms with Crippen molar-refractivity contribution in [1.82, 2.24) is 0 Å². The fourth-order valence-electron chi connectivity index (χ4n) is 1.77. The minimum atomic E-state index is -3.98. The molecule has 0 aliphatic rings. The fourth-order valence-corrected chi connectivity index (χ4v) is 3.18. The maximum Gasteiger partial charge on any atom is 0.266 e. The van der Waals surface area contributed by atoms with Crippen molar-refractivity contribution in [3.05, 3.63) is 45.9 Å². The van der Waals surface area contributed by atoms with E-state index in [4.69, 9.17) is 5.14 Å². The van der Waals surface area contributed by atoms with Crippen LogP contribution in [0.15, 0.2) is 34.5 Å². The number of hydrogen-bond acceptors (Lipinski definition) is 4. The number of halogens is 1. The maximum atomic E-state index is 13.8. The summed E-state index contributed by atoms with van der Waals surface area (Å²) in [5.41, 5.74) is 0.780. The smallest absolute Gasteiger partial charge is 0.266 e. The molecule has 3 N–H and O–H groups in total. The van der Waals surface area contributed by atoms with Crippen LogP contribution in [-0.4, -0.2) is 14.3 Å². The van der Waals surface area contributed by atoms with Gasteiger partial charge in [-0.15, -0.1) is 11.3 Å². The topological polar surface area (TPSA) is 89.3 Å². The van der Waals surface area contributed by atoms with Crippen LogP contribution in [0.2, 0.25) is 0 Å². The van der Waals surface area contributed by atoms with Gasteiger partial charge in [-0.3, -0.25) is 4.79 Å². The zero-order valence-electron chi connectivity index (χ0n) is 11.1. The van der Waals surface area contributed by atoms with Gasteiger partial charge in [-0.1, -0.05) is 6.92 Å². The average molecular weight is 328 g/mol. The van der Waals surface area contributed by atoms with E-state index >= 15 is 0 Å². The number of amides is 1. The molecule has 0 aliphatic carbocycles. The standard InChI is InChI=1S/C13H13FN2O3S2/c1-2-8-5-6-20-12(8)13(17)16-11-4-3-9(7-10(11)14)21(15,18)19/h3-7H,2H2,1H3,(H,16,17)(H2,15,18,19). The Morgan fingerprint density at radius 1 is 1.38 bits per heavy atom. The molecule has 0 spiro atoms. The van der Waals surface area contributed by atoms with Crippen LogP contribution < -0.4 is 10.5 Å². The van der Waals surface area contributed by atoms with Crippen molar-refractivity contribution in [2.75, 3.05) is 5.32 Å². The highest BCUT2D eigenvalue weighted by Gasteiger charge is 2.16. The summed E-state index contributed by atoms with van der Waals surface area (Å²) in [6.45, 7) is 1.92. The van der Waals surface area contributed by atoms with Crippen LogP contribution in [-0.2, 0) is 16.4 Å². The molecular weight excluding hydrogens is 315 g/mol. The molecule has 2 aromatic rings. The van der Waals surface area contributed by atoms with E-state index in [1.807, 2.05) is 13.0 Å². The quantitative estimate of drug-likeness (QED) is 0.903. The van der Waals surface area contributed by atoms with Gasteiger partial charge in [0.1, 0.15) is 5.82 Å². The number of nitrogens with two attached hydrogens (primary N) is 1. The summed E-state index contributed by atoms with van der Waals surface area (Å²) in [6.07, 6.45) is 0.694. The predicted octanol–water partition coefficient (Wildman–Crippen LogP) is 2.35. The van der Waals surface area contributed by atoms with Gasteiger partial charge in [0.25, 0.3) is 5.91 Å². The van der Waals surface area contributed by atoms with Gasteiger partial charge >= 0.3 is 0 Å². The third kappa shape index (κ3) is 3.46. The lowest BCUT2D eigenvalue weighted by atomic mass is 10.2. The van der Waals surface area contributed by atoms with Gasteiger partial charge in [-0.2, -0.15) is 0 Å². The molecule has 2 rings (SSSR count). The highest BCUT2D eigenvalue weighted by molar-refractivity contribution is 7.89. The molecule has 0 aliphatic heterocycles. The number of thiophene rings is 1. The van der Waals surface area contributed by atoms with E-state index in [-0.39, 0.29) is 10.6 Å². The molecule has 1 heterocycles. The Morgan fingerprint density at radius 2 is 2.10 bits per heavy atom. The van der Waals surface area contributed by atoms with Crippen molar-refractivity contribution in [2.45, 2.75) is 18.2 Å². The molecule has 1 amide bonds. The van der Waals surface area contributed by atoms with Crippen LogP contribution in [0.25, 0.3) is 0 Å². The number of benzene rings is 1. The zero-order valence-corrected chi connectivity index (χ0v) is 12.7. The molecule has 0 saturated carbocycles. The third-order valence-electron chi connectivity index (χ3n) is 2.85. The van der Waals surface area contributed by atoms with Gasteiger partial charge in [0, 0.05) is 0 Å². The highest BCUT2D eigenvalue weighted by Crippen LogP contribution is 2.22. The van der Waals surface area contributed by atoms with E-state index in [0.29, 0.717) is 11.3 Å². The predicted molar refractivity (Wildman–Crippen MR) is 79.4 cm³/mol. The van der Waals surface area contributed by atoms with E-state index in [9.17, 15) is 17.6 Å². The van der Waals surface area contributed by atoms with Crippen molar-refractivity contribution in [3.63, 3.8) is 0 Å². The number of primary sulfonamides is 1. The van der Waals surface area contributed by atoms with Crippen molar-refractivity contribution < 1.29 is 17.6 Å². The Kier molecular flexibility index (Phi) is 4.40. The van der Waals surface area contributed by atoms with Gasteiger partial charge < -0.3 is 5.32 Å². The summed E-state index contributed by atoms with van der Waals surface area (Å²) in [5.74, 6) is -1.28. The van der Waals surface area contributed by atoms with E-state index in [0.717, 1.165) is 17.7 Å². The summed E-state index contributed by atoms with van der Waals surface area (Å²) >= 11 is 1.26. The molecule has 0 fully saturated rings. The molecule has 0 radical (unpaired) electrons. The van der Waals surface area contributed by atoms with Gasteiger partial charge in [0.2, 0.25) is 10.0 Å². The third-order valence-corrected chi connectivity index (χ3v) is 4.72. The SMILES string of the molecule is CCc1ccsc1C(=O)Nc1ccc(S(N)(=O)=O)cc1F. The Labute approximate surface area is 125 Å². The van der Waals surface area contributed by atoms with Crippen LogP contribution >= 0.6 is 11.3 Å². The molecule has 0 saturated heterocycles. The first-order valence-electron chi connectivity index (χ1n) is 6.03. The molecule has 0 bridgehead atoms. The second-order valence-corrected chi connectivity index (χ2v) is 6.75. The number of anilines is 1. The number of aryl methyl sites for hydroxylation is 1. The molecule has 1 aromatic heterocycles. The molecule has 112 valence electrons. The molecular formula is C13H13FN2O3S2. The van der Waals surface area contributed by atoms with Crippen molar-refractivity contribution >= 4 is 33.0 Å². The first kappa shape index (κ1) is 15.6. The number of sulfonamides is 1. The summed E-state index contributed by atoms with van der Waals surface area (Å²) in [5, 5.41) is 9.12. The van der Waals surface area contributed by atoms with Crippen LogP contribution in [0.5, 0.6) is 0 Å². The summed E-state index contributed by atoms with van der Waals surface area (Å²) in [4.78, 5) is 12.2. The Bertz CT molecular complexity index is 784. The second kappa shape index (κ2) is 5.92. The van der Waals surface area contributed by atoms with Gasteiger partial charge in [0.05, 0.1) is 15.5 Å². The van der Waals surface area contributed by atoms with E-state index in [1.165, 1.54) is 17.4 Å². The van der Waals surface area contributed by atoms with E-state index in [1.54, 1.807) is 5.38 Å². The largest absolute Gasteiger partial charge is 0.319 e. The summed E-state index contributed by atoms with van der Waals surface area (Å²) in [7, 11) is -3.98. The maximum absolute atomic E-state index is 13.8. The first-order chi connectivity index (χ1) is 9.82. The average Bonchev–Trinajstić information content (AvgIpc) is 2.88. The Hall–Kier alpha value is -1.77.